The monoisotopic (exact) mass is 155 g/mol. The Kier molecular flexibility index (Phi) is 2.37. The normalized spacial score (nSPS) is 32.0. The van der Waals surface area contributed by atoms with E-state index in [1.807, 2.05) is 4.90 Å². The van der Waals surface area contributed by atoms with Gasteiger partial charge in [-0.05, 0) is 18.3 Å². The molecule has 0 radical (unpaired) electrons. The quantitative estimate of drug-likeness (QED) is 0.402. The van der Waals surface area contributed by atoms with E-state index in [0.29, 0.717) is 5.92 Å². The van der Waals surface area contributed by atoms with Gasteiger partial charge in [-0.15, -0.1) is 0 Å². The molecule has 11 heavy (non-hydrogen) atoms. The summed E-state index contributed by atoms with van der Waals surface area (Å²) in [6, 6.07) is 0. The summed E-state index contributed by atoms with van der Waals surface area (Å²) in [5, 5.41) is 7.25. The molecule has 1 heterocycles. The van der Waals surface area contributed by atoms with Gasteiger partial charge in [-0.3, -0.25) is 5.41 Å². The fraction of sp³-hybridized carbons (Fsp3) is 0.875. The molecule has 0 aliphatic carbocycles. The third-order valence-corrected chi connectivity index (χ3v) is 2.67. The van der Waals surface area contributed by atoms with Crippen LogP contribution in [0.4, 0.5) is 0 Å². The summed E-state index contributed by atoms with van der Waals surface area (Å²) < 4.78 is 0. The van der Waals surface area contributed by atoms with Crippen LogP contribution < -0.4 is 5.73 Å². The van der Waals surface area contributed by atoms with Crippen molar-refractivity contribution in [3.63, 3.8) is 0 Å². The summed E-state index contributed by atoms with van der Waals surface area (Å²) in [7, 11) is 0. The molecule has 1 fully saturated rings. The molecule has 0 bridgehead atoms. The van der Waals surface area contributed by atoms with Gasteiger partial charge in [0, 0.05) is 13.1 Å². The number of guanidine groups is 1. The number of hydrogen-bond acceptors (Lipinski definition) is 1. The first kappa shape index (κ1) is 8.37. The van der Waals surface area contributed by atoms with Crippen LogP contribution in [0.1, 0.15) is 20.3 Å². The number of hydrogen-bond donors (Lipinski definition) is 2. The fourth-order valence-electron chi connectivity index (χ4n) is 1.48. The molecule has 0 aromatic carbocycles. The molecule has 1 rings (SSSR count). The summed E-state index contributed by atoms with van der Waals surface area (Å²) in [6.45, 7) is 6.40. The SMILES string of the molecule is C[C@H]1CCN(C(=N)N)C[C@@H]1C. The van der Waals surface area contributed by atoms with Gasteiger partial charge < -0.3 is 10.6 Å². The maximum atomic E-state index is 7.25. The third kappa shape index (κ3) is 1.85. The van der Waals surface area contributed by atoms with Gasteiger partial charge in [0.1, 0.15) is 0 Å². The Hall–Kier alpha value is -0.730. The van der Waals surface area contributed by atoms with E-state index in [1.165, 1.54) is 6.42 Å². The molecule has 1 saturated heterocycles. The van der Waals surface area contributed by atoms with Crippen molar-refractivity contribution >= 4 is 5.96 Å². The molecule has 3 heteroatoms. The molecule has 0 aromatic heterocycles. The Morgan fingerprint density at radius 3 is 2.55 bits per heavy atom. The highest BCUT2D eigenvalue weighted by Gasteiger charge is 2.22. The van der Waals surface area contributed by atoms with Crippen molar-refractivity contribution in [1.82, 2.24) is 4.90 Å². The topological polar surface area (TPSA) is 53.1 Å². The Labute approximate surface area is 68.1 Å². The second kappa shape index (κ2) is 3.11. The van der Waals surface area contributed by atoms with Crippen molar-refractivity contribution in [2.75, 3.05) is 13.1 Å². The lowest BCUT2D eigenvalue weighted by molar-refractivity contribution is 0.202. The molecule has 1 aliphatic rings. The molecule has 1 aliphatic heterocycles. The molecular weight excluding hydrogens is 138 g/mol. The van der Waals surface area contributed by atoms with E-state index in [4.69, 9.17) is 11.1 Å². The lowest BCUT2D eigenvalue weighted by Gasteiger charge is -2.35. The zero-order valence-corrected chi connectivity index (χ0v) is 7.30. The Morgan fingerprint density at radius 2 is 2.09 bits per heavy atom. The Morgan fingerprint density at radius 1 is 1.45 bits per heavy atom. The molecule has 0 amide bonds. The first-order valence-electron chi connectivity index (χ1n) is 4.20. The molecule has 64 valence electrons. The van der Waals surface area contributed by atoms with Crippen LogP contribution >= 0.6 is 0 Å². The van der Waals surface area contributed by atoms with Gasteiger partial charge in [0.2, 0.25) is 0 Å². The van der Waals surface area contributed by atoms with Crippen molar-refractivity contribution in [1.29, 1.82) is 5.41 Å². The van der Waals surface area contributed by atoms with Crippen molar-refractivity contribution in [2.45, 2.75) is 20.3 Å². The highest BCUT2D eigenvalue weighted by atomic mass is 15.2. The summed E-state index contributed by atoms with van der Waals surface area (Å²) >= 11 is 0. The standard InChI is InChI=1S/C8H17N3/c1-6-3-4-11(8(9)10)5-7(6)2/h6-7H,3-5H2,1-2H3,(H3,9,10)/t6-,7-/m0/s1. The van der Waals surface area contributed by atoms with Crippen LogP contribution in [0.3, 0.4) is 0 Å². The predicted molar refractivity (Wildman–Crippen MR) is 46.4 cm³/mol. The fourth-order valence-corrected chi connectivity index (χ4v) is 1.48. The average molecular weight is 155 g/mol. The maximum Gasteiger partial charge on any atom is 0.188 e. The van der Waals surface area contributed by atoms with Crippen LogP contribution in [-0.4, -0.2) is 23.9 Å². The summed E-state index contributed by atoms with van der Waals surface area (Å²) in [4.78, 5) is 1.95. The average Bonchev–Trinajstić information content (AvgIpc) is 1.94. The molecule has 3 N–H and O–H groups in total. The van der Waals surface area contributed by atoms with E-state index in [1.54, 1.807) is 0 Å². The van der Waals surface area contributed by atoms with Crippen LogP contribution in [0.2, 0.25) is 0 Å². The number of rotatable bonds is 0. The van der Waals surface area contributed by atoms with Crippen LogP contribution in [0.5, 0.6) is 0 Å². The van der Waals surface area contributed by atoms with Gasteiger partial charge in [-0.1, -0.05) is 13.8 Å². The number of nitrogens with one attached hydrogen (secondary N) is 1. The van der Waals surface area contributed by atoms with Crippen molar-refractivity contribution in [3.05, 3.63) is 0 Å². The van der Waals surface area contributed by atoms with E-state index in [2.05, 4.69) is 13.8 Å². The number of nitrogens with zero attached hydrogens (tertiary/aromatic N) is 1. The molecule has 0 aromatic rings. The number of nitrogens with two attached hydrogens (primary N) is 1. The lowest BCUT2D eigenvalue weighted by Crippen LogP contribution is -2.45. The van der Waals surface area contributed by atoms with Gasteiger partial charge >= 0.3 is 0 Å². The van der Waals surface area contributed by atoms with Crippen LogP contribution in [-0.2, 0) is 0 Å². The van der Waals surface area contributed by atoms with E-state index >= 15 is 0 Å². The van der Waals surface area contributed by atoms with E-state index in [0.717, 1.165) is 19.0 Å². The lowest BCUT2D eigenvalue weighted by atomic mass is 9.89. The van der Waals surface area contributed by atoms with Gasteiger partial charge in [-0.25, -0.2) is 0 Å². The van der Waals surface area contributed by atoms with Crippen molar-refractivity contribution in [3.8, 4) is 0 Å². The highest BCUT2D eigenvalue weighted by molar-refractivity contribution is 5.74. The zero-order chi connectivity index (χ0) is 8.43. The number of piperidine rings is 1. The van der Waals surface area contributed by atoms with E-state index in [9.17, 15) is 0 Å². The van der Waals surface area contributed by atoms with Crippen LogP contribution in [0.25, 0.3) is 0 Å². The first-order valence-corrected chi connectivity index (χ1v) is 4.20. The summed E-state index contributed by atoms with van der Waals surface area (Å²) in [6.07, 6.45) is 1.17. The van der Waals surface area contributed by atoms with Gasteiger partial charge in [0.25, 0.3) is 0 Å². The number of likely N-dealkylation sites (tertiary alicyclic amines) is 1. The maximum absolute atomic E-state index is 7.25. The Balaban J connectivity index is 2.46. The zero-order valence-electron chi connectivity index (χ0n) is 7.30. The minimum Gasteiger partial charge on any atom is -0.370 e. The van der Waals surface area contributed by atoms with E-state index < -0.39 is 0 Å². The second-order valence-corrected chi connectivity index (χ2v) is 3.57. The summed E-state index contributed by atoms with van der Waals surface area (Å²) in [5.41, 5.74) is 5.38. The highest BCUT2D eigenvalue weighted by Crippen LogP contribution is 2.21. The van der Waals surface area contributed by atoms with Crippen LogP contribution in [0.15, 0.2) is 0 Å². The molecule has 0 spiro atoms. The Bertz CT molecular complexity index is 155. The van der Waals surface area contributed by atoms with Gasteiger partial charge in [0.15, 0.2) is 5.96 Å². The predicted octanol–water partition coefficient (Wildman–Crippen LogP) is 0.858. The van der Waals surface area contributed by atoms with Gasteiger partial charge in [-0.2, -0.15) is 0 Å². The second-order valence-electron chi connectivity index (χ2n) is 3.57. The van der Waals surface area contributed by atoms with Crippen molar-refractivity contribution < 1.29 is 0 Å². The molecule has 2 atom stereocenters. The minimum atomic E-state index is 0.226. The third-order valence-electron chi connectivity index (χ3n) is 2.67. The summed E-state index contributed by atoms with van der Waals surface area (Å²) in [5.74, 6) is 1.68. The molecule has 3 nitrogen and oxygen atoms in total. The first-order chi connectivity index (χ1) is 5.11. The minimum absolute atomic E-state index is 0.226. The van der Waals surface area contributed by atoms with Crippen molar-refractivity contribution in [2.24, 2.45) is 17.6 Å². The van der Waals surface area contributed by atoms with E-state index in [-0.39, 0.29) is 5.96 Å². The largest absolute Gasteiger partial charge is 0.370 e. The molecule has 0 unspecified atom stereocenters. The van der Waals surface area contributed by atoms with Gasteiger partial charge in [0.05, 0.1) is 0 Å². The smallest absolute Gasteiger partial charge is 0.188 e. The molecule has 0 saturated carbocycles. The van der Waals surface area contributed by atoms with Crippen LogP contribution in [0, 0.1) is 17.2 Å². The molecular formula is C8H17N3.